The van der Waals surface area contributed by atoms with E-state index in [-0.39, 0.29) is 0 Å². The van der Waals surface area contributed by atoms with Gasteiger partial charge in [-0.3, -0.25) is 5.01 Å². The van der Waals surface area contributed by atoms with Crippen LogP contribution in [0.25, 0.3) is 0 Å². The first-order valence-electron chi connectivity index (χ1n) is 10.8. The Kier molecular flexibility index (Phi) is 9.13. The molecule has 0 saturated carbocycles. The summed E-state index contributed by atoms with van der Waals surface area (Å²) in [6, 6.07) is 20.3. The van der Waals surface area contributed by atoms with Gasteiger partial charge in [-0.25, -0.2) is 5.43 Å². The molecule has 0 aliphatic heterocycles. The molecule has 32 heavy (non-hydrogen) atoms. The minimum atomic E-state index is 0.434. The van der Waals surface area contributed by atoms with E-state index in [4.69, 9.17) is 14.5 Å². The molecule has 0 spiro atoms. The summed E-state index contributed by atoms with van der Waals surface area (Å²) in [5, 5.41) is 2.02. The first-order valence-corrected chi connectivity index (χ1v) is 11.6. The average Bonchev–Trinajstić information content (AvgIpc) is 2.83. The van der Waals surface area contributed by atoms with Crippen LogP contribution in [0.15, 0.2) is 77.8 Å². The molecule has 1 heterocycles. The summed E-state index contributed by atoms with van der Waals surface area (Å²) in [6.45, 7) is 10.2. The molecule has 6 heteroatoms. The van der Waals surface area contributed by atoms with Crippen molar-refractivity contribution in [3.8, 4) is 11.6 Å². The minimum Gasteiger partial charge on any atom is -0.489 e. The summed E-state index contributed by atoms with van der Waals surface area (Å²) in [7, 11) is 0. The van der Waals surface area contributed by atoms with Gasteiger partial charge in [0.15, 0.2) is 0 Å². The van der Waals surface area contributed by atoms with Gasteiger partial charge in [0.1, 0.15) is 24.8 Å². The molecule has 2 aromatic carbocycles. The zero-order chi connectivity index (χ0) is 22.8. The minimum absolute atomic E-state index is 0.434. The van der Waals surface area contributed by atoms with E-state index in [2.05, 4.69) is 66.0 Å². The third-order valence-corrected chi connectivity index (χ3v) is 5.45. The van der Waals surface area contributed by atoms with Crippen LogP contribution < -0.4 is 19.9 Å². The van der Waals surface area contributed by atoms with Crippen molar-refractivity contribution in [1.29, 1.82) is 0 Å². The second-order valence-corrected chi connectivity index (χ2v) is 8.11. The molecule has 3 rings (SSSR count). The Morgan fingerprint density at radius 1 is 1.03 bits per heavy atom. The van der Waals surface area contributed by atoms with E-state index in [0.29, 0.717) is 25.6 Å². The van der Waals surface area contributed by atoms with Crippen molar-refractivity contribution in [2.45, 2.75) is 33.4 Å². The number of aromatic nitrogens is 1. The largest absolute Gasteiger partial charge is 0.489 e. The van der Waals surface area contributed by atoms with Crippen LogP contribution in [0.2, 0.25) is 0 Å². The predicted molar refractivity (Wildman–Crippen MR) is 134 cm³/mol. The summed E-state index contributed by atoms with van der Waals surface area (Å²) >= 11 is 3.58. The molecule has 0 aliphatic carbocycles. The van der Waals surface area contributed by atoms with Gasteiger partial charge in [-0.05, 0) is 49.2 Å². The van der Waals surface area contributed by atoms with Gasteiger partial charge in [0.2, 0.25) is 5.88 Å². The third-order valence-electron chi connectivity index (χ3n) is 4.96. The molecule has 0 unspecified atom stereocenters. The number of rotatable bonds is 12. The van der Waals surface area contributed by atoms with Crippen molar-refractivity contribution in [2.24, 2.45) is 0 Å². The number of halogens is 1. The fourth-order valence-electron chi connectivity index (χ4n) is 3.24. The number of pyridine rings is 1. The molecule has 0 saturated heterocycles. The van der Waals surface area contributed by atoms with Gasteiger partial charge in [0.05, 0.1) is 0 Å². The quantitative estimate of drug-likeness (QED) is 0.243. The summed E-state index contributed by atoms with van der Waals surface area (Å²) in [5.41, 5.74) is 6.76. The van der Waals surface area contributed by atoms with Crippen LogP contribution in [0.4, 0.5) is 5.82 Å². The van der Waals surface area contributed by atoms with Crippen molar-refractivity contribution in [2.75, 3.05) is 18.2 Å². The summed E-state index contributed by atoms with van der Waals surface area (Å²) in [4.78, 5) is 4.73. The van der Waals surface area contributed by atoms with E-state index in [9.17, 15) is 0 Å². The first-order chi connectivity index (χ1) is 15.6. The Labute approximate surface area is 199 Å². The van der Waals surface area contributed by atoms with E-state index in [1.54, 1.807) is 6.08 Å². The maximum Gasteiger partial charge on any atom is 0.218 e. The molecular weight excluding hydrogens is 466 g/mol. The highest BCUT2D eigenvalue weighted by atomic mass is 79.9. The lowest BCUT2D eigenvalue weighted by Gasteiger charge is -2.24. The van der Waals surface area contributed by atoms with E-state index in [1.165, 1.54) is 0 Å². The number of nitrogens with zero attached hydrogens (tertiary/aromatic N) is 2. The third kappa shape index (κ3) is 6.58. The second kappa shape index (κ2) is 12.3. The lowest BCUT2D eigenvalue weighted by molar-refractivity contribution is 0.302. The predicted octanol–water partition coefficient (Wildman–Crippen LogP) is 6.08. The van der Waals surface area contributed by atoms with Gasteiger partial charge >= 0.3 is 0 Å². The number of hydrazine groups is 1. The van der Waals surface area contributed by atoms with Gasteiger partial charge in [0, 0.05) is 28.7 Å². The molecule has 1 N–H and O–H groups in total. The van der Waals surface area contributed by atoms with Gasteiger partial charge < -0.3 is 9.47 Å². The van der Waals surface area contributed by atoms with Crippen molar-refractivity contribution >= 4 is 21.7 Å². The highest BCUT2D eigenvalue weighted by Crippen LogP contribution is 2.25. The molecule has 0 atom stereocenters. The van der Waals surface area contributed by atoms with Crippen molar-refractivity contribution in [1.82, 2.24) is 10.4 Å². The fraction of sp³-hybridized carbons (Fsp3) is 0.269. The molecule has 5 nitrogen and oxygen atoms in total. The SMILES string of the molecule is C=CCOc1nc(N(CC)NCc2cc(Br)ccc2OCc2ccccc2)ccc1CC. The van der Waals surface area contributed by atoms with Crippen LogP contribution in [0, 0.1) is 0 Å². The fourth-order valence-corrected chi connectivity index (χ4v) is 3.65. The molecule has 1 aromatic heterocycles. The maximum atomic E-state index is 6.12. The Balaban J connectivity index is 1.73. The molecule has 0 fully saturated rings. The van der Waals surface area contributed by atoms with Crippen LogP contribution in [-0.2, 0) is 19.6 Å². The maximum absolute atomic E-state index is 6.12. The second-order valence-electron chi connectivity index (χ2n) is 7.19. The zero-order valence-corrected chi connectivity index (χ0v) is 20.3. The lowest BCUT2D eigenvalue weighted by atomic mass is 10.2. The summed E-state index contributed by atoms with van der Waals surface area (Å²) in [6.07, 6.45) is 2.59. The highest BCUT2D eigenvalue weighted by Gasteiger charge is 2.12. The van der Waals surface area contributed by atoms with Crippen LogP contribution in [0.3, 0.4) is 0 Å². The Hall–Kier alpha value is -2.83. The Morgan fingerprint density at radius 2 is 1.84 bits per heavy atom. The van der Waals surface area contributed by atoms with Crippen LogP contribution in [0.1, 0.15) is 30.5 Å². The molecule has 0 radical (unpaired) electrons. The standard InChI is InChI=1S/C26H30BrN3O2/c1-4-16-31-26-21(5-2)12-15-25(29-26)30(6-3)28-18-22-17-23(27)13-14-24(22)32-19-20-10-8-7-9-11-20/h4,7-15,17,28H,1,5-6,16,18-19H2,2-3H3. The summed E-state index contributed by atoms with van der Waals surface area (Å²) < 4.78 is 12.9. The molecule has 0 amide bonds. The first kappa shape index (κ1) is 23.8. The monoisotopic (exact) mass is 495 g/mol. The molecule has 3 aromatic rings. The van der Waals surface area contributed by atoms with E-state index in [0.717, 1.165) is 45.7 Å². The van der Waals surface area contributed by atoms with E-state index in [1.807, 2.05) is 41.4 Å². The van der Waals surface area contributed by atoms with Crippen molar-refractivity contribution in [3.05, 3.63) is 94.5 Å². The van der Waals surface area contributed by atoms with Crippen molar-refractivity contribution < 1.29 is 9.47 Å². The average molecular weight is 496 g/mol. The van der Waals surface area contributed by atoms with Gasteiger partial charge in [-0.15, -0.1) is 0 Å². The smallest absolute Gasteiger partial charge is 0.218 e. The number of anilines is 1. The Bertz CT molecular complexity index is 1010. The van der Waals surface area contributed by atoms with Crippen LogP contribution in [0.5, 0.6) is 11.6 Å². The normalized spacial score (nSPS) is 10.6. The van der Waals surface area contributed by atoms with E-state index >= 15 is 0 Å². The zero-order valence-electron chi connectivity index (χ0n) is 18.7. The van der Waals surface area contributed by atoms with Crippen LogP contribution >= 0.6 is 15.9 Å². The van der Waals surface area contributed by atoms with Gasteiger partial charge in [-0.2, -0.15) is 4.98 Å². The van der Waals surface area contributed by atoms with E-state index < -0.39 is 0 Å². The molecule has 0 bridgehead atoms. The number of hydrogen-bond acceptors (Lipinski definition) is 5. The number of hydrogen-bond donors (Lipinski definition) is 1. The molecular formula is C26H30BrN3O2. The molecule has 0 aliphatic rings. The Morgan fingerprint density at radius 3 is 2.56 bits per heavy atom. The molecule has 168 valence electrons. The number of ether oxygens (including phenoxy) is 2. The van der Waals surface area contributed by atoms with Gasteiger partial charge in [-0.1, -0.05) is 65.8 Å². The van der Waals surface area contributed by atoms with Crippen LogP contribution in [-0.4, -0.2) is 18.1 Å². The lowest BCUT2D eigenvalue weighted by Crippen LogP contribution is -2.38. The highest BCUT2D eigenvalue weighted by molar-refractivity contribution is 9.10. The van der Waals surface area contributed by atoms with Crippen molar-refractivity contribution in [3.63, 3.8) is 0 Å². The number of nitrogens with one attached hydrogen (secondary N) is 1. The number of benzene rings is 2. The topological polar surface area (TPSA) is 46.6 Å². The number of aryl methyl sites for hydroxylation is 1. The summed E-state index contributed by atoms with van der Waals surface area (Å²) in [5.74, 6) is 2.31. The van der Waals surface area contributed by atoms with Gasteiger partial charge in [0.25, 0.3) is 0 Å².